The van der Waals surface area contributed by atoms with Gasteiger partial charge < -0.3 is 14.8 Å². The number of benzene rings is 1. The Hall–Kier alpha value is -0.930. The Bertz CT molecular complexity index is 456. The third-order valence-electron chi connectivity index (χ3n) is 3.84. The lowest BCUT2D eigenvalue weighted by molar-refractivity contribution is 0.174. The van der Waals surface area contributed by atoms with Gasteiger partial charge in [0.05, 0.1) is 5.02 Å². The van der Waals surface area contributed by atoms with Crippen molar-refractivity contribution in [1.29, 1.82) is 0 Å². The van der Waals surface area contributed by atoms with Crippen LogP contribution in [0.3, 0.4) is 0 Å². The molecule has 1 aromatic carbocycles. The topological polar surface area (TPSA) is 30.5 Å². The van der Waals surface area contributed by atoms with Crippen molar-refractivity contribution < 1.29 is 9.47 Å². The van der Waals surface area contributed by atoms with Gasteiger partial charge in [-0.05, 0) is 49.9 Å². The summed E-state index contributed by atoms with van der Waals surface area (Å²) in [6.45, 7) is 3.46. The molecule has 0 spiro atoms. The molecule has 2 aliphatic rings. The molecule has 3 rings (SSSR count). The highest BCUT2D eigenvalue weighted by atomic mass is 35.5. The van der Waals surface area contributed by atoms with Crippen LogP contribution in [0, 0.1) is 6.92 Å². The predicted molar refractivity (Wildman–Crippen MR) is 71.7 cm³/mol. The zero-order valence-corrected chi connectivity index (χ0v) is 11.3. The van der Waals surface area contributed by atoms with Crippen molar-refractivity contribution >= 4 is 11.6 Å². The van der Waals surface area contributed by atoms with Crippen LogP contribution >= 0.6 is 11.6 Å². The van der Waals surface area contributed by atoms with Gasteiger partial charge in [-0.1, -0.05) is 18.0 Å². The molecule has 1 fully saturated rings. The molecule has 0 aliphatic carbocycles. The fourth-order valence-electron chi connectivity index (χ4n) is 2.72. The normalized spacial score (nSPS) is 22.2. The first-order chi connectivity index (χ1) is 8.75. The maximum atomic E-state index is 6.34. The summed E-state index contributed by atoms with van der Waals surface area (Å²) in [4.78, 5) is 0. The van der Waals surface area contributed by atoms with Crippen LogP contribution in [0.1, 0.15) is 30.4 Å². The molecule has 1 saturated heterocycles. The fourth-order valence-corrected chi connectivity index (χ4v) is 2.99. The Kier molecular flexibility index (Phi) is 3.35. The lowest BCUT2D eigenvalue weighted by atomic mass is 9.95. The van der Waals surface area contributed by atoms with Crippen LogP contribution in [0.4, 0.5) is 0 Å². The zero-order valence-electron chi connectivity index (χ0n) is 10.6. The van der Waals surface area contributed by atoms with E-state index in [-0.39, 0.29) is 6.79 Å². The van der Waals surface area contributed by atoms with Crippen molar-refractivity contribution in [2.24, 2.45) is 0 Å². The Morgan fingerprint density at radius 3 is 3.06 bits per heavy atom. The maximum absolute atomic E-state index is 6.34. The number of halogens is 1. The summed E-state index contributed by atoms with van der Waals surface area (Å²) in [6.07, 6.45) is 4.86. The number of ether oxygens (including phenoxy) is 2. The molecule has 1 N–H and O–H groups in total. The molecule has 98 valence electrons. The monoisotopic (exact) mass is 267 g/mol. The smallest absolute Gasteiger partial charge is 0.231 e. The molecule has 1 atom stereocenters. The third-order valence-corrected chi connectivity index (χ3v) is 4.29. The zero-order chi connectivity index (χ0) is 12.5. The largest absolute Gasteiger partial charge is 0.454 e. The van der Waals surface area contributed by atoms with E-state index in [4.69, 9.17) is 21.1 Å². The highest BCUT2D eigenvalue weighted by Gasteiger charge is 2.23. The van der Waals surface area contributed by atoms with Crippen LogP contribution in [0.25, 0.3) is 0 Å². The Morgan fingerprint density at radius 2 is 2.28 bits per heavy atom. The molecule has 1 aromatic rings. The van der Waals surface area contributed by atoms with Crippen LogP contribution in [0.2, 0.25) is 5.02 Å². The third kappa shape index (κ3) is 2.17. The molecule has 0 radical (unpaired) electrons. The van der Waals surface area contributed by atoms with Gasteiger partial charge in [0, 0.05) is 6.04 Å². The first-order valence-electron chi connectivity index (χ1n) is 6.56. The van der Waals surface area contributed by atoms with E-state index in [1.165, 1.54) is 24.8 Å². The SMILES string of the molecule is Cc1c(CC2CCCCN2)cc2c(c1Cl)OCO2. The predicted octanol–water partition coefficient (Wildman–Crippen LogP) is 3.06. The fraction of sp³-hybridized carbons (Fsp3) is 0.571. The molecular formula is C14H18ClNO2. The van der Waals surface area contributed by atoms with E-state index < -0.39 is 0 Å². The van der Waals surface area contributed by atoms with Crippen LogP contribution < -0.4 is 14.8 Å². The number of nitrogens with one attached hydrogen (secondary N) is 1. The molecule has 2 aliphatic heterocycles. The second kappa shape index (κ2) is 4.98. The number of hydrogen-bond acceptors (Lipinski definition) is 3. The molecule has 0 bridgehead atoms. The summed E-state index contributed by atoms with van der Waals surface area (Å²) in [6, 6.07) is 2.65. The van der Waals surface area contributed by atoms with E-state index in [1.807, 2.05) is 0 Å². The minimum absolute atomic E-state index is 0.277. The van der Waals surface area contributed by atoms with Gasteiger partial charge in [-0.2, -0.15) is 0 Å². The molecule has 18 heavy (non-hydrogen) atoms. The Labute approximate surface area is 112 Å². The minimum atomic E-state index is 0.277. The van der Waals surface area contributed by atoms with Crippen LogP contribution in [-0.4, -0.2) is 19.4 Å². The summed E-state index contributed by atoms with van der Waals surface area (Å²) in [5.41, 5.74) is 2.39. The maximum Gasteiger partial charge on any atom is 0.231 e. The average Bonchev–Trinajstić information content (AvgIpc) is 2.85. The van der Waals surface area contributed by atoms with Crippen molar-refractivity contribution in [1.82, 2.24) is 5.32 Å². The van der Waals surface area contributed by atoms with Crippen LogP contribution in [-0.2, 0) is 6.42 Å². The number of piperidine rings is 1. The number of hydrogen-bond donors (Lipinski definition) is 1. The minimum Gasteiger partial charge on any atom is -0.454 e. The summed E-state index contributed by atoms with van der Waals surface area (Å²) in [5, 5.41) is 4.27. The highest BCUT2D eigenvalue weighted by molar-refractivity contribution is 6.33. The van der Waals surface area contributed by atoms with E-state index in [0.717, 1.165) is 24.3 Å². The highest BCUT2D eigenvalue weighted by Crippen LogP contribution is 2.42. The molecule has 4 heteroatoms. The van der Waals surface area contributed by atoms with Gasteiger partial charge in [-0.15, -0.1) is 0 Å². The van der Waals surface area contributed by atoms with Crippen LogP contribution in [0.5, 0.6) is 11.5 Å². The summed E-state index contributed by atoms with van der Waals surface area (Å²) in [5.74, 6) is 1.49. The molecule has 0 saturated carbocycles. The van der Waals surface area contributed by atoms with Crippen molar-refractivity contribution in [2.45, 2.75) is 38.6 Å². The second-order valence-corrected chi connectivity index (χ2v) is 5.44. The number of fused-ring (bicyclic) bond motifs is 1. The molecule has 0 aromatic heterocycles. The van der Waals surface area contributed by atoms with E-state index in [0.29, 0.717) is 16.8 Å². The van der Waals surface area contributed by atoms with Gasteiger partial charge in [0.15, 0.2) is 11.5 Å². The van der Waals surface area contributed by atoms with Crippen molar-refractivity contribution in [2.75, 3.05) is 13.3 Å². The molecule has 2 heterocycles. The van der Waals surface area contributed by atoms with Crippen molar-refractivity contribution in [3.8, 4) is 11.5 Å². The Morgan fingerprint density at radius 1 is 1.39 bits per heavy atom. The van der Waals surface area contributed by atoms with Crippen LogP contribution in [0.15, 0.2) is 6.07 Å². The standard InChI is InChI=1S/C14H18ClNO2/c1-9-10(6-11-4-2-3-5-16-11)7-12-14(13(9)15)18-8-17-12/h7,11,16H,2-6,8H2,1H3. The van der Waals surface area contributed by atoms with E-state index in [9.17, 15) is 0 Å². The van der Waals surface area contributed by atoms with Gasteiger partial charge in [0.2, 0.25) is 6.79 Å². The van der Waals surface area contributed by atoms with Gasteiger partial charge in [0.1, 0.15) is 0 Å². The summed E-state index contributed by atoms with van der Waals surface area (Å²) in [7, 11) is 0. The van der Waals surface area contributed by atoms with Gasteiger partial charge in [-0.3, -0.25) is 0 Å². The van der Waals surface area contributed by atoms with Gasteiger partial charge >= 0.3 is 0 Å². The van der Waals surface area contributed by atoms with E-state index >= 15 is 0 Å². The Balaban J connectivity index is 1.85. The van der Waals surface area contributed by atoms with E-state index in [1.54, 1.807) is 0 Å². The van der Waals surface area contributed by atoms with Crippen molar-refractivity contribution in [3.05, 3.63) is 22.2 Å². The molecule has 3 nitrogen and oxygen atoms in total. The molecular weight excluding hydrogens is 250 g/mol. The number of rotatable bonds is 2. The average molecular weight is 268 g/mol. The first kappa shape index (κ1) is 12.1. The quantitative estimate of drug-likeness (QED) is 0.893. The van der Waals surface area contributed by atoms with Gasteiger partial charge in [0.25, 0.3) is 0 Å². The first-order valence-corrected chi connectivity index (χ1v) is 6.94. The van der Waals surface area contributed by atoms with E-state index in [2.05, 4.69) is 18.3 Å². The lowest BCUT2D eigenvalue weighted by Gasteiger charge is -2.24. The van der Waals surface area contributed by atoms with Gasteiger partial charge in [-0.25, -0.2) is 0 Å². The second-order valence-electron chi connectivity index (χ2n) is 5.06. The lowest BCUT2D eigenvalue weighted by Crippen LogP contribution is -2.35. The summed E-state index contributed by atoms with van der Waals surface area (Å²) >= 11 is 6.34. The van der Waals surface area contributed by atoms with Crippen molar-refractivity contribution in [3.63, 3.8) is 0 Å². The molecule has 0 amide bonds. The molecule has 1 unspecified atom stereocenters. The summed E-state index contributed by atoms with van der Waals surface area (Å²) < 4.78 is 10.8.